The van der Waals surface area contributed by atoms with Crippen molar-refractivity contribution in [3.63, 3.8) is 0 Å². The van der Waals surface area contributed by atoms with E-state index < -0.39 is 5.72 Å². The van der Waals surface area contributed by atoms with Crippen molar-refractivity contribution in [1.82, 2.24) is 15.6 Å². The van der Waals surface area contributed by atoms with Crippen molar-refractivity contribution >= 4 is 11.8 Å². The Labute approximate surface area is 170 Å². The quantitative estimate of drug-likeness (QED) is 0.840. The maximum absolute atomic E-state index is 12.9. The molecule has 3 saturated carbocycles. The van der Waals surface area contributed by atoms with E-state index in [0.29, 0.717) is 24.3 Å². The van der Waals surface area contributed by atoms with Crippen molar-refractivity contribution in [3.05, 3.63) is 59.9 Å². The first-order chi connectivity index (χ1) is 14.1. The smallest absolute Gasteiger partial charge is 0.258 e. The summed E-state index contributed by atoms with van der Waals surface area (Å²) in [5.41, 5.74) is 1.09. The van der Waals surface area contributed by atoms with Gasteiger partial charge in [-0.1, -0.05) is 12.1 Å². The van der Waals surface area contributed by atoms with Gasteiger partial charge in [-0.25, -0.2) is 0 Å². The highest BCUT2D eigenvalue weighted by molar-refractivity contribution is 5.98. The Kier molecular flexibility index (Phi) is 4.49. The molecule has 1 aromatic heterocycles. The zero-order chi connectivity index (χ0) is 19.8. The van der Waals surface area contributed by atoms with Crippen LogP contribution >= 0.6 is 0 Å². The fourth-order valence-corrected chi connectivity index (χ4v) is 5.29. The summed E-state index contributed by atoms with van der Waals surface area (Å²) in [6.45, 7) is 0.627. The van der Waals surface area contributed by atoms with Crippen LogP contribution in [-0.2, 0) is 11.2 Å². The van der Waals surface area contributed by atoms with E-state index in [9.17, 15) is 9.59 Å². The number of para-hydroxylation sites is 1. The number of aromatic nitrogens is 1. The fourth-order valence-electron chi connectivity index (χ4n) is 5.29. The lowest BCUT2D eigenvalue weighted by Gasteiger charge is -2.55. The summed E-state index contributed by atoms with van der Waals surface area (Å²) in [6.07, 6.45) is 7.79. The molecule has 1 aromatic carbocycles. The molecule has 6 rings (SSSR count). The van der Waals surface area contributed by atoms with E-state index in [1.165, 1.54) is 5.56 Å². The molecule has 29 heavy (non-hydrogen) atoms. The Morgan fingerprint density at radius 1 is 1.21 bits per heavy atom. The number of nitrogens with one attached hydrogen (secondary N) is 2. The predicted molar refractivity (Wildman–Crippen MR) is 107 cm³/mol. The number of hydrogen-bond acceptors (Lipinski definition) is 4. The van der Waals surface area contributed by atoms with Crippen LogP contribution in [0.4, 0.5) is 0 Å². The SMILES string of the molecule is O=C1N[C@@]2(C[C@@H]3CC[C@@H]2C[C@@H]3C(=O)NCCc2ccncc2)Oc2ccccc21. The molecule has 3 fully saturated rings. The topological polar surface area (TPSA) is 80.3 Å². The van der Waals surface area contributed by atoms with Crippen LogP contribution in [0.2, 0.25) is 0 Å². The van der Waals surface area contributed by atoms with Crippen LogP contribution in [0.15, 0.2) is 48.8 Å². The molecule has 2 amide bonds. The Morgan fingerprint density at radius 2 is 2.03 bits per heavy atom. The zero-order valence-corrected chi connectivity index (χ0v) is 16.3. The summed E-state index contributed by atoms with van der Waals surface area (Å²) in [5.74, 6) is 1.09. The number of benzene rings is 1. The van der Waals surface area contributed by atoms with Crippen LogP contribution < -0.4 is 15.4 Å². The zero-order valence-electron chi connectivity index (χ0n) is 16.3. The van der Waals surface area contributed by atoms with Gasteiger partial charge in [-0.05, 0) is 61.4 Å². The number of carbonyl (C=O) groups is 2. The lowest BCUT2D eigenvalue weighted by Crippen LogP contribution is -2.66. The standard InChI is InChI=1S/C23H25N3O3/c27-21(25-12-9-15-7-10-24-11-8-15)19-13-17-6-5-16(19)14-23(17)26-22(28)18-3-1-2-4-20(18)29-23/h1-4,7-8,10-11,16-17,19H,5-6,9,12-14H2,(H,25,27)(H,26,28)/t16-,17+,19-,23-/m0/s1. The van der Waals surface area contributed by atoms with Crippen LogP contribution in [0, 0.1) is 17.8 Å². The van der Waals surface area contributed by atoms with Crippen molar-refractivity contribution in [3.8, 4) is 5.75 Å². The first kappa shape index (κ1) is 18.2. The van der Waals surface area contributed by atoms with Gasteiger partial charge in [0, 0.05) is 37.2 Å². The first-order valence-corrected chi connectivity index (χ1v) is 10.4. The minimum atomic E-state index is -0.665. The molecular weight excluding hydrogens is 366 g/mol. The molecule has 3 aliphatic carbocycles. The summed E-state index contributed by atoms with van der Waals surface area (Å²) < 4.78 is 6.36. The number of pyridine rings is 1. The molecule has 1 aliphatic heterocycles. The Morgan fingerprint density at radius 3 is 2.83 bits per heavy atom. The van der Waals surface area contributed by atoms with Crippen LogP contribution in [0.3, 0.4) is 0 Å². The van der Waals surface area contributed by atoms with Gasteiger partial charge in [0.15, 0.2) is 5.72 Å². The predicted octanol–water partition coefficient (Wildman–Crippen LogP) is 2.70. The average Bonchev–Trinajstić information content (AvgIpc) is 2.75. The number of ether oxygens (including phenoxy) is 1. The van der Waals surface area contributed by atoms with Gasteiger partial charge in [0.1, 0.15) is 5.75 Å². The normalized spacial score (nSPS) is 29.7. The summed E-state index contributed by atoms with van der Waals surface area (Å²) in [6, 6.07) is 11.3. The van der Waals surface area contributed by atoms with E-state index in [1.807, 2.05) is 30.3 Å². The molecule has 6 heteroatoms. The average molecular weight is 391 g/mol. The lowest BCUT2D eigenvalue weighted by molar-refractivity contribution is -0.146. The fraction of sp³-hybridized carbons (Fsp3) is 0.435. The first-order valence-electron chi connectivity index (χ1n) is 10.4. The minimum Gasteiger partial charge on any atom is -0.467 e. The second-order valence-corrected chi connectivity index (χ2v) is 8.42. The van der Waals surface area contributed by atoms with Crippen molar-refractivity contribution in [2.24, 2.45) is 17.8 Å². The van der Waals surface area contributed by atoms with Crippen LogP contribution in [-0.4, -0.2) is 29.1 Å². The van der Waals surface area contributed by atoms with Gasteiger partial charge >= 0.3 is 0 Å². The number of rotatable bonds is 4. The van der Waals surface area contributed by atoms with Crippen molar-refractivity contribution in [2.75, 3.05) is 6.54 Å². The van der Waals surface area contributed by atoms with Gasteiger partial charge in [0.2, 0.25) is 5.91 Å². The van der Waals surface area contributed by atoms with Gasteiger partial charge < -0.3 is 15.4 Å². The molecular formula is C23H25N3O3. The number of fused-ring (bicyclic) bond motifs is 3. The largest absolute Gasteiger partial charge is 0.467 e. The number of amides is 2. The molecule has 1 spiro atoms. The third-order valence-electron chi connectivity index (χ3n) is 6.77. The van der Waals surface area contributed by atoms with Crippen LogP contribution in [0.5, 0.6) is 5.75 Å². The summed E-state index contributed by atoms with van der Waals surface area (Å²) in [7, 11) is 0. The van der Waals surface area contributed by atoms with E-state index in [1.54, 1.807) is 18.5 Å². The molecule has 6 nitrogen and oxygen atoms in total. The Bertz CT molecular complexity index is 932. The maximum Gasteiger partial charge on any atom is 0.258 e. The van der Waals surface area contributed by atoms with E-state index in [0.717, 1.165) is 25.7 Å². The number of nitrogens with zero attached hydrogens (tertiary/aromatic N) is 1. The summed E-state index contributed by atoms with van der Waals surface area (Å²) in [4.78, 5) is 29.5. The van der Waals surface area contributed by atoms with Gasteiger partial charge in [0.05, 0.1) is 5.56 Å². The van der Waals surface area contributed by atoms with E-state index in [-0.39, 0.29) is 29.6 Å². The molecule has 2 heterocycles. The molecule has 0 unspecified atom stereocenters. The lowest BCUT2D eigenvalue weighted by atomic mass is 9.60. The highest BCUT2D eigenvalue weighted by atomic mass is 16.5. The van der Waals surface area contributed by atoms with Gasteiger partial charge in [-0.15, -0.1) is 0 Å². The van der Waals surface area contributed by atoms with Crippen molar-refractivity contribution < 1.29 is 14.3 Å². The summed E-state index contributed by atoms with van der Waals surface area (Å²) >= 11 is 0. The van der Waals surface area contributed by atoms with E-state index in [2.05, 4.69) is 15.6 Å². The molecule has 2 bridgehead atoms. The Hall–Kier alpha value is -2.89. The molecule has 2 N–H and O–H groups in total. The number of hydrogen-bond donors (Lipinski definition) is 2. The van der Waals surface area contributed by atoms with Crippen molar-refractivity contribution in [1.29, 1.82) is 0 Å². The third kappa shape index (κ3) is 3.26. The molecule has 4 aliphatic rings. The van der Waals surface area contributed by atoms with Gasteiger partial charge in [0.25, 0.3) is 5.91 Å². The van der Waals surface area contributed by atoms with Gasteiger partial charge in [-0.2, -0.15) is 0 Å². The van der Waals surface area contributed by atoms with Crippen LogP contribution in [0.25, 0.3) is 0 Å². The highest BCUT2D eigenvalue weighted by Crippen LogP contribution is 2.52. The van der Waals surface area contributed by atoms with Crippen molar-refractivity contribution in [2.45, 2.75) is 37.8 Å². The summed E-state index contributed by atoms with van der Waals surface area (Å²) in [5, 5.41) is 6.26. The monoisotopic (exact) mass is 391 g/mol. The van der Waals surface area contributed by atoms with E-state index in [4.69, 9.17) is 4.74 Å². The molecule has 0 saturated heterocycles. The third-order valence-corrected chi connectivity index (χ3v) is 6.77. The van der Waals surface area contributed by atoms with E-state index >= 15 is 0 Å². The Balaban J connectivity index is 1.25. The second-order valence-electron chi connectivity index (χ2n) is 8.42. The molecule has 2 aromatic rings. The molecule has 150 valence electrons. The number of carbonyl (C=O) groups excluding carboxylic acids is 2. The second kappa shape index (κ2) is 7.17. The van der Waals surface area contributed by atoms with Crippen LogP contribution in [0.1, 0.15) is 41.6 Å². The minimum absolute atomic E-state index is 0.00510. The highest BCUT2D eigenvalue weighted by Gasteiger charge is 2.57. The van der Waals surface area contributed by atoms with Gasteiger partial charge in [-0.3, -0.25) is 14.6 Å². The maximum atomic E-state index is 12.9. The molecule has 4 atom stereocenters. The molecule has 0 radical (unpaired) electrons.